The number of allylic oxidation sites excluding steroid dienone is 1. The van der Waals surface area contributed by atoms with E-state index in [1.165, 1.54) is 16.8 Å². The lowest BCUT2D eigenvalue weighted by Crippen LogP contribution is -2.45. The first-order chi connectivity index (χ1) is 14.7. The van der Waals surface area contributed by atoms with Gasteiger partial charge in [-0.3, -0.25) is 9.69 Å². The quantitative estimate of drug-likeness (QED) is 0.682. The second-order valence-electron chi connectivity index (χ2n) is 8.09. The van der Waals surface area contributed by atoms with Crippen LogP contribution in [-0.4, -0.2) is 57.6 Å². The standard InChI is InChI=1S/C21H25Cl2N3O.C2H4O2/c1-14-12-25(13-15(2)27-14)9-8-16-4-3-5-21-18(16)11-24-26(21)17-6-7-19(22)20(23)10-17;1-2(3)4/h6-8,10-11,14-15H,3-5,9,12-13H2,1-2H3;1H3,(H,3,4)/b16-8+;. The van der Waals surface area contributed by atoms with E-state index in [9.17, 15) is 0 Å². The number of fused-ring (bicyclic) bond motifs is 1. The number of morpholine rings is 1. The highest BCUT2D eigenvalue weighted by Crippen LogP contribution is 2.33. The van der Waals surface area contributed by atoms with Gasteiger partial charge < -0.3 is 9.84 Å². The Morgan fingerprint density at radius 3 is 2.55 bits per heavy atom. The smallest absolute Gasteiger partial charge is 0.300 e. The fourth-order valence-corrected chi connectivity index (χ4v) is 4.48. The number of hydrogen-bond donors (Lipinski definition) is 1. The highest BCUT2D eigenvalue weighted by Gasteiger charge is 2.23. The molecule has 0 bridgehead atoms. The lowest BCUT2D eigenvalue weighted by Gasteiger charge is -2.34. The third-order valence-electron chi connectivity index (χ3n) is 5.31. The van der Waals surface area contributed by atoms with Crippen LogP contribution in [-0.2, 0) is 16.0 Å². The molecule has 1 aromatic heterocycles. The molecule has 0 radical (unpaired) electrons. The van der Waals surface area contributed by atoms with Gasteiger partial charge in [0.25, 0.3) is 5.97 Å². The van der Waals surface area contributed by atoms with E-state index >= 15 is 0 Å². The third-order valence-corrected chi connectivity index (χ3v) is 6.05. The Morgan fingerprint density at radius 1 is 1.23 bits per heavy atom. The van der Waals surface area contributed by atoms with E-state index in [0.717, 1.165) is 51.5 Å². The number of hydrogen-bond acceptors (Lipinski definition) is 4. The van der Waals surface area contributed by atoms with Gasteiger partial charge in [-0.15, -0.1) is 0 Å². The number of benzene rings is 1. The summed E-state index contributed by atoms with van der Waals surface area (Å²) in [6.07, 6.45) is 8.24. The normalized spacial score (nSPS) is 22.5. The van der Waals surface area contributed by atoms with Crippen LogP contribution in [0.1, 0.15) is 44.9 Å². The molecule has 1 fully saturated rings. The van der Waals surface area contributed by atoms with Crippen LogP contribution in [0.2, 0.25) is 10.0 Å². The number of aliphatic carboxylic acids is 1. The Morgan fingerprint density at radius 2 is 1.90 bits per heavy atom. The lowest BCUT2D eigenvalue weighted by atomic mass is 9.92. The maximum atomic E-state index is 9.00. The van der Waals surface area contributed by atoms with Crippen molar-refractivity contribution in [2.24, 2.45) is 0 Å². The fraction of sp³-hybridized carbons (Fsp3) is 0.478. The zero-order chi connectivity index (χ0) is 22.5. The molecule has 2 atom stereocenters. The SMILES string of the molecule is CC(=O)O.CC1CN(C/C=C2\CCCc3c2cnn3-c2ccc(Cl)c(Cl)c2)CC(C)O1. The Kier molecular flexibility index (Phi) is 8.17. The molecule has 0 saturated carbocycles. The summed E-state index contributed by atoms with van der Waals surface area (Å²) in [5.74, 6) is -0.833. The second kappa shape index (κ2) is 10.6. The van der Waals surface area contributed by atoms with Gasteiger partial charge in [-0.05, 0) is 56.9 Å². The molecular weight excluding hydrogens is 437 g/mol. The van der Waals surface area contributed by atoms with Crippen molar-refractivity contribution in [3.05, 3.63) is 51.8 Å². The summed E-state index contributed by atoms with van der Waals surface area (Å²) in [5, 5.41) is 13.2. The van der Waals surface area contributed by atoms with Gasteiger partial charge in [0, 0.05) is 32.1 Å². The van der Waals surface area contributed by atoms with Crippen molar-refractivity contribution in [3.63, 3.8) is 0 Å². The van der Waals surface area contributed by atoms with Crippen molar-refractivity contribution >= 4 is 34.7 Å². The molecule has 1 N–H and O–H groups in total. The van der Waals surface area contributed by atoms with Gasteiger partial charge in [0.05, 0.1) is 39.8 Å². The summed E-state index contributed by atoms with van der Waals surface area (Å²) in [6, 6.07) is 5.68. The maximum Gasteiger partial charge on any atom is 0.300 e. The van der Waals surface area contributed by atoms with Crippen LogP contribution in [0.4, 0.5) is 0 Å². The van der Waals surface area contributed by atoms with Crippen LogP contribution in [0.15, 0.2) is 30.5 Å². The van der Waals surface area contributed by atoms with Crippen LogP contribution in [0.3, 0.4) is 0 Å². The van der Waals surface area contributed by atoms with E-state index in [1.807, 2.05) is 29.1 Å². The van der Waals surface area contributed by atoms with Crippen LogP contribution in [0.25, 0.3) is 11.3 Å². The third kappa shape index (κ3) is 6.32. The van der Waals surface area contributed by atoms with Crippen molar-refractivity contribution in [2.75, 3.05) is 19.6 Å². The van der Waals surface area contributed by atoms with Gasteiger partial charge in [0.15, 0.2) is 0 Å². The van der Waals surface area contributed by atoms with E-state index in [2.05, 4.69) is 29.9 Å². The Labute approximate surface area is 193 Å². The molecule has 2 unspecified atom stereocenters. The largest absolute Gasteiger partial charge is 0.481 e. The molecule has 2 aromatic rings. The van der Waals surface area contributed by atoms with Crippen molar-refractivity contribution in [1.82, 2.24) is 14.7 Å². The van der Waals surface area contributed by atoms with E-state index in [1.54, 1.807) is 0 Å². The monoisotopic (exact) mass is 465 g/mol. The summed E-state index contributed by atoms with van der Waals surface area (Å²) < 4.78 is 7.84. The van der Waals surface area contributed by atoms with Gasteiger partial charge in [-0.1, -0.05) is 29.3 Å². The number of carboxylic acid groups (broad SMARTS) is 1. The summed E-state index contributed by atoms with van der Waals surface area (Å²) in [4.78, 5) is 11.5. The average Bonchev–Trinajstić information content (AvgIpc) is 3.12. The van der Waals surface area contributed by atoms with Gasteiger partial charge >= 0.3 is 0 Å². The van der Waals surface area contributed by atoms with Crippen molar-refractivity contribution in [1.29, 1.82) is 0 Å². The first-order valence-corrected chi connectivity index (χ1v) is 11.3. The minimum Gasteiger partial charge on any atom is -0.481 e. The number of ether oxygens (including phenoxy) is 1. The number of carbonyl (C=O) groups is 1. The molecule has 1 aromatic carbocycles. The number of halogens is 2. The molecule has 2 aliphatic rings. The molecular formula is C23H29Cl2N3O3. The van der Waals surface area contributed by atoms with Crippen molar-refractivity contribution in [2.45, 2.75) is 52.2 Å². The molecule has 8 heteroatoms. The zero-order valence-electron chi connectivity index (χ0n) is 18.1. The van der Waals surface area contributed by atoms with Crippen molar-refractivity contribution < 1.29 is 14.6 Å². The second-order valence-corrected chi connectivity index (χ2v) is 8.91. The van der Waals surface area contributed by atoms with Gasteiger partial charge in [-0.2, -0.15) is 5.10 Å². The number of carboxylic acids is 1. The summed E-state index contributed by atoms with van der Waals surface area (Å²) in [6.45, 7) is 8.32. The topological polar surface area (TPSA) is 67.6 Å². The predicted octanol–water partition coefficient (Wildman–Crippen LogP) is 5.10. The lowest BCUT2D eigenvalue weighted by molar-refractivity contribution is -0.134. The highest BCUT2D eigenvalue weighted by atomic mass is 35.5. The number of aromatic nitrogens is 2. The van der Waals surface area contributed by atoms with Crippen LogP contribution in [0, 0.1) is 0 Å². The Hall–Kier alpha value is -1.86. The van der Waals surface area contributed by atoms with E-state index in [4.69, 9.17) is 37.8 Å². The molecule has 0 amide bonds. The molecule has 6 nitrogen and oxygen atoms in total. The number of rotatable bonds is 3. The summed E-state index contributed by atoms with van der Waals surface area (Å²) >= 11 is 12.3. The van der Waals surface area contributed by atoms with E-state index < -0.39 is 5.97 Å². The Bertz CT molecular complexity index is 944. The van der Waals surface area contributed by atoms with Gasteiger partial charge in [-0.25, -0.2) is 4.68 Å². The van der Waals surface area contributed by atoms with Crippen LogP contribution in [0.5, 0.6) is 0 Å². The first-order valence-electron chi connectivity index (χ1n) is 10.5. The minimum atomic E-state index is -0.833. The maximum absolute atomic E-state index is 9.00. The summed E-state index contributed by atoms with van der Waals surface area (Å²) in [7, 11) is 0. The van der Waals surface area contributed by atoms with Crippen LogP contribution < -0.4 is 0 Å². The molecule has 1 saturated heterocycles. The van der Waals surface area contributed by atoms with Gasteiger partial charge in [0.1, 0.15) is 0 Å². The predicted molar refractivity (Wildman–Crippen MR) is 124 cm³/mol. The average molecular weight is 466 g/mol. The van der Waals surface area contributed by atoms with E-state index in [0.29, 0.717) is 22.3 Å². The van der Waals surface area contributed by atoms with Gasteiger partial charge in [0.2, 0.25) is 0 Å². The highest BCUT2D eigenvalue weighted by molar-refractivity contribution is 6.42. The molecule has 1 aliphatic carbocycles. The molecule has 168 valence electrons. The summed E-state index contributed by atoms with van der Waals surface area (Å²) in [5.41, 5.74) is 4.88. The molecule has 2 heterocycles. The fourth-order valence-electron chi connectivity index (χ4n) is 4.19. The Balaban J connectivity index is 0.000000628. The van der Waals surface area contributed by atoms with Crippen molar-refractivity contribution in [3.8, 4) is 5.69 Å². The first kappa shape index (κ1) is 23.8. The molecule has 4 rings (SSSR count). The molecule has 1 aliphatic heterocycles. The van der Waals surface area contributed by atoms with Crippen LogP contribution >= 0.6 is 23.2 Å². The molecule has 31 heavy (non-hydrogen) atoms. The number of nitrogens with zero attached hydrogens (tertiary/aromatic N) is 3. The minimum absolute atomic E-state index is 0.298. The van der Waals surface area contributed by atoms with E-state index in [-0.39, 0.29) is 0 Å². The zero-order valence-corrected chi connectivity index (χ0v) is 19.7. The molecule has 0 spiro atoms.